The molecule has 7 heteroatoms. The molecule has 0 saturated heterocycles. The molecule has 0 unspecified atom stereocenters. The van der Waals surface area contributed by atoms with E-state index >= 15 is 0 Å². The molecule has 0 saturated carbocycles. The number of hydrogen-bond acceptors (Lipinski definition) is 3. The standard InChI is InChI=1S/2C28H60N.C14H10O4S/c2*1-5-9-13-17-21-25-29(26-22-18-14-10-6-2,27-23-19-15-11-7-3)28-24-20-16-12-8-4;15-13(16)9-1-5-11(6-2-9)19-12-7-3-10(4-8-12)14(17)18/h2*5-28H2,1-4H3;1-8H,(H,15,16)(H,17,18)/q2*+1;. The molecule has 0 spiro atoms. The first-order chi connectivity index (χ1) is 37.5. The quantitative estimate of drug-likeness (QED) is 0.0510. The van der Waals surface area contributed by atoms with E-state index in [9.17, 15) is 9.59 Å². The molecule has 2 aromatic carbocycles. The topological polar surface area (TPSA) is 74.6 Å². The van der Waals surface area contributed by atoms with Gasteiger partial charge in [-0.1, -0.05) is 221 Å². The lowest BCUT2D eigenvalue weighted by atomic mass is 10.1. The van der Waals surface area contributed by atoms with Gasteiger partial charge in [-0.15, -0.1) is 0 Å². The zero-order chi connectivity index (χ0) is 56.8. The predicted molar refractivity (Wildman–Crippen MR) is 340 cm³/mol. The van der Waals surface area contributed by atoms with Gasteiger partial charge in [0.1, 0.15) is 0 Å². The minimum absolute atomic E-state index is 0.241. The molecule has 448 valence electrons. The van der Waals surface area contributed by atoms with Crippen LogP contribution in [0.3, 0.4) is 0 Å². The lowest BCUT2D eigenvalue weighted by Gasteiger charge is -2.40. The van der Waals surface area contributed by atoms with Crippen LogP contribution in [0.5, 0.6) is 0 Å². The first-order valence-electron chi connectivity index (χ1n) is 33.6. The van der Waals surface area contributed by atoms with Crippen molar-refractivity contribution >= 4 is 23.7 Å². The van der Waals surface area contributed by atoms with Crippen LogP contribution in [0, 0.1) is 0 Å². The second-order valence-electron chi connectivity index (χ2n) is 23.5. The molecular formula is C70H130N2O4S+2. The van der Waals surface area contributed by atoms with Crippen molar-refractivity contribution in [1.29, 1.82) is 0 Å². The fraction of sp³-hybridized carbons (Fsp3) is 0.800. The SMILES string of the molecule is CCCCCCC[N+](CCCCCCC)(CCCCCCC)CCCCCCC.CCCCCCC[N+](CCCCCCC)(CCCCCCC)CCCCCCC.O=C(O)c1ccc(Sc2ccc(C(=O)O)cc2)cc1. The number of aromatic carboxylic acids is 2. The maximum absolute atomic E-state index is 10.7. The average Bonchev–Trinajstić information content (AvgIpc) is 3.43. The molecule has 0 bridgehead atoms. The van der Waals surface area contributed by atoms with Crippen molar-refractivity contribution in [2.45, 2.75) is 322 Å². The van der Waals surface area contributed by atoms with Crippen LogP contribution in [-0.4, -0.2) is 83.5 Å². The number of hydrogen-bond donors (Lipinski definition) is 2. The maximum Gasteiger partial charge on any atom is 0.335 e. The summed E-state index contributed by atoms with van der Waals surface area (Å²) in [6.07, 6.45) is 57.6. The highest BCUT2D eigenvalue weighted by atomic mass is 32.2. The van der Waals surface area contributed by atoms with Gasteiger partial charge in [-0.2, -0.15) is 0 Å². The van der Waals surface area contributed by atoms with Gasteiger partial charge in [0.2, 0.25) is 0 Å². The van der Waals surface area contributed by atoms with E-state index in [0.717, 1.165) is 9.79 Å². The highest BCUT2D eigenvalue weighted by Crippen LogP contribution is 2.28. The number of benzene rings is 2. The number of carboxylic acids is 2. The monoisotopic (exact) mass is 1090 g/mol. The molecule has 0 aliphatic carbocycles. The van der Waals surface area contributed by atoms with E-state index in [2.05, 4.69) is 55.4 Å². The molecule has 6 nitrogen and oxygen atoms in total. The van der Waals surface area contributed by atoms with Crippen molar-refractivity contribution in [1.82, 2.24) is 0 Å². The highest BCUT2D eigenvalue weighted by molar-refractivity contribution is 7.99. The van der Waals surface area contributed by atoms with Crippen LogP contribution >= 0.6 is 11.8 Å². The number of carboxylic acid groups (broad SMARTS) is 2. The zero-order valence-electron chi connectivity index (χ0n) is 52.6. The van der Waals surface area contributed by atoms with Crippen LogP contribution in [-0.2, 0) is 0 Å². The van der Waals surface area contributed by atoms with Gasteiger partial charge in [-0.05, 0) is 151 Å². The first kappa shape index (κ1) is 74.7. The molecule has 0 aliphatic heterocycles. The molecule has 77 heavy (non-hydrogen) atoms. The molecule has 0 amide bonds. The van der Waals surface area contributed by atoms with Gasteiger partial charge in [0.05, 0.1) is 63.5 Å². The van der Waals surface area contributed by atoms with Crippen molar-refractivity contribution in [2.24, 2.45) is 0 Å². The van der Waals surface area contributed by atoms with Crippen molar-refractivity contribution in [3.05, 3.63) is 59.7 Å². The molecule has 2 N–H and O–H groups in total. The van der Waals surface area contributed by atoms with E-state index in [0.29, 0.717) is 0 Å². The third-order valence-electron chi connectivity index (χ3n) is 16.3. The van der Waals surface area contributed by atoms with E-state index in [1.54, 1.807) is 24.3 Å². The predicted octanol–water partition coefficient (Wildman–Crippen LogP) is 22.6. The molecule has 0 aliphatic rings. The Bertz CT molecular complexity index is 1330. The van der Waals surface area contributed by atoms with Crippen LogP contribution in [0.2, 0.25) is 0 Å². The maximum atomic E-state index is 10.7. The zero-order valence-corrected chi connectivity index (χ0v) is 53.4. The minimum Gasteiger partial charge on any atom is -0.478 e. The van der Waals surface area contributed by atoms with Crippen LogP contribution in [0.4, 0.5) is 0 Å². The summed E-state index contributed by atoms with van der Waals surface area (Å²) in [4.78, 5) is 23.2. The lowest BCUT2D eigenvalue weighted by Crippen LogP contribution is -2.50. The van der Waals surface area contributed by atoms with Crippen molar-refractivity contribution in [3.8, 4) is 0 Å². The summed E-state index contributed by atoms with van der Waals surface area (Å²) in [5, 5.41) is 17.6. The summed E-state index contributed by atoms with van der Waals surface area (Å²) in [5.41, 5.74) is 0.483. The Balaban J connectivity index is 0.00000115. The minimum atomic E-state index is -0.956. The fourth-order valence-electron chi connectivity index (χ4n) is 11.2. The van der Waals surface area contributed by atoms with E-state index < -0.39 is 11.9 Å². The Morgan fingerprint density at radius 2 is 0.429 bits per heavy atom. The van der Waals surface area contributed by atoms with Gasteiger partial charge in [0, 0.05) is 9.79 Å². The molecule has 2 rings (SSSR count). The summed E-state index contributed by atoms with van der Waals surface area (Å²) in [5.74, 6) is -1.91. The van der Waals surface area contributed by atoms with E-state index in [4.69, 9.17) is 10.2 Å². The lowest BCUT2D eigenvalue weighted by molar-refractivity contribution is -0.929. The first-order valence-corrected chi connectivity index (χ1v) is 34.4. The largest absolute Gasteiger partial charge is 0.478 e. The second-order valence-corrected chi connectivity index (χ2v) is 24.7. The third kappa shape index (κ3) is 43.1. The molecule has 0 aromatic heterocycles. The third-order valence-corrected chi connectivity index (χ3v) is 17.3. The Kier molecular flexibility index (Phi) is 52.6. The average molecular weight is 1100 g/mol. The van der Waals surface area contributed by atoms with E-state index in [1.165, 1.54) is 354 Å². The number of rotatable bonds is 52. The summed E-state index contributed by atoms with van der Waals surface area (Å²) in [7, 11) is 0. The van der Waals surface area contributed by atoms with Crippen molar-refractivity contribution in [2.75, 3.05) is 52.4 Å². The Labute approximate surface area is 484 Å². The molecular weight excluding hydrogens is 965 g/mol. The van der Waals surface area contributed by atoms with Gasteiger partial charge in [-0.25, -0.2) is 9.59 Å². The molecule has 2 aromatic rings. The molecule has 0 radical (unpaired) electrons. The number of nitrogens with zero attached hydrogens (tertiary/aromatic N) is 2. The van der Waals surface area contributed by atoms with E-state index in [1.807, 2.05) is 0 Å². The summed E-state index contributed by atoms with van der Waals surface area (Å²) in [6, 6.07) is 13.0. The normalized spacial score (nSPS) is 11.5. The Morgan fingerprint density at radius 3 is 0.571 bits per heavy atom. The van der Waals surface area contributed by atoms with Crippen molar-refractivity contribution < 1.29 is 28.8 Å². The summed E-state index contributed by atoms with van der Waals surface area (Å²) < 4.78 is 2.94. The highest BCUT2D eigenvalue weighted by Gasteiger charge is 2.27. The Hall–Kier alpha value is -2.35. The number of quaternary nitrogens is 2. The number of unbranched alkanes of at least 4 members (excludes halogenated alkanes) is 32. The second kappa shape index (κ2) is 54.2. The smallest absolute Gasteiger partial charge is 0.335 e. The molecule has 0 heterocycles. The van der Waals surface area contributed by atoms with Crippen LogP contribution in [0.25, 0.3) is 0 Å². The van der Waals surface area contributed by atoms with Gasteiger partial charge >= 0.3 is 11.9 Å². The van der Waals surface area contributed by atoms with Crippen LogP contribution < -0.4 is 0 Å². The van der Waals surface area contributed by atoms with Gasteiger partial charge in [0.25, 0.3) is 0 Å². The number of carbonyl (C=O) groups is 2. The van der Waals surface area contributed by atoms with Gasteiger partial charge < -0.3 is 19.2 Å². The summed E-state index contributed by atoms with van der Waals surface area (Å²) >= 11 is 1.44. The summed E-state index contributed by atoms with van der Waals surface area (Å²) in [6.45, 7) is 30.5. The Morgan fingerprint density at radius 1 is 0.273 bits per heavy atom. The molecule has 0 atom stereocenters. The fourth-order valence-corrected chi connectivity index (χ4v) is 12.0. The molecule has 0 fully saturated rings. The van der Waals surface area contributed by atoms with Gasteiger partial charge in [-0.3, -0.25) is 0 Å². The van der Waals surface area contributed by atoms with E-state index in [-0.39, 0.29) is 11.1 Å². The van der Waals surface area contributed by atoms with Crippen LogP contribution in [0.15, 0.2) is 58.3 Å². The van der Waals surface area contributed by atoms with Crippen molar-refractivity contribution in [3.63, 3.8) is 0 Å². The van der Waals surface area contributed by atoms with Crippen LogP contribution in [0.1, 0.15) is 333 Å². The van der Waals surface area contributed by atoms with Gasteiger partial charge in [0.15, 0.2) is 0 Å².